The van der Waals surface area contributed by atoms with Crippen LogP contribution in [-0.2, 0) is 0 Å². The molecule has 2 aromatic heterocycles. The third-order valence-corrected chi connectivity index (χ3v) is 4.85. The Morgan fingerprint density at radius 1 is 1.30 bits per heavy atom. The number of halogens is 1. The number of hydrogen-bond acceptors (Lipinski definition) is 7. The lowest BCUT2D eigenvalue weighted by Crippen LogP contribution is -2.32. The van der Waals surface area contributed by atoms with Gasteiger partial charge in [0.25, 0.3) is 5.56 Å². The molecule has 136 valence electrons. The van der Waals surface area contributed by atoms with E-state index in [-0.39, 0.29) is 11.6 Å². The van der Waals surface area contributed by atoms with Gasteiger partial charge in [-0.15, -0.1) is 0 Å². The summed E-state index contributed by atoms with van der Waals surface area (Å²) in [5, 5.41) is 0.721. The molecule has 3 heterocycles. The van der Waals surface area contributed by atoms with Gasteiger partial charge in [0.15, 0.2) is 11.9 Å². The number of aromatic amines is 1. The maximum Gasteiger partial charge on any atom is 0.263 e. The Bertz CT molecular complexity index is 1090. The van der Waals surface area contributed by atoms with Crippen molar-refractivity contribution in [3.63, 3.8) is 0 Å². The van der Waals surface area contributed by atoms with E-state index in [4.69, 9.17) is 11.6 Å². The second-order valence-electron chi connectivity index (χ2n) is 6.10. The third kappa shape index (κ3) is 3.19. The summed E-state index contributed by atoms with van der Waals surface area (Å²) in [7, 11) is 0. The number of H-pyrrole nitrogens is 1. The lowest BCUT2D eigenvalue weighted by molar-refractivity contribution is 0.112. The number of nitrogens with one attached hydrogen (secondary N) is 1. The van der Waals surface area contributed by atoms with Crippen molar-refractivity contribution >= 4 is 46.6 Å². The fourth-order valence-corrected chi connectivity index (χ4v) is 3.46. The highest BCUT2D eigenvalue weighted by atomic mass is 35.5. The Hall–Kier alpha value is -3.13. The number of aldehydes is 1. The lowest BCUT2D eigenvalue weighted by Gasteiger charge is -2.23. The Labute approximate surface area is 159 Å². The van der Waals surface area contributed by atoms with Crippen LogP contribution in [0.1, 0.15) is 23.2 Å². The number of carbonyl (C=O) groups is 1. The molecule has 8 nitrogen and oxygen atoms in total. The highest BCUT2D eigenvalue weighted by Crippen LogP contribution is 2.28. The highest BCUT2D eigenvalue weighted by Gasteiger charge is 2.27. The summed E-state index contributed by atoms with van der Waals surface area (Å²) in [6.07, 6.45) is 6.97. The van der Waals surface area contributed by atoms with Gasteiger partial charge < -0.3 is 9.88 Å². The molecule has 4 rings (SSSR count). The second kappa shape index (κ2) is 7.24. The molecule has 0 unspecified atom stereocenters. The molecule has 1 atom stereocenters. The molecule has 1 saturated heterocycles. The first-order valence-corrected chi connectivity index (χ1v) is 8.79. The van der Waals surface area contributed by atoms with Crippen molar-refractivity contribution in [3.05, 3.63) is 51.8 Å². The van der Waals surface area contributed by atoms with Crippen molar-refractivity contribution in [2.24, 2.45) is 4.99 Å². The summed E-state index contributed by atoms with van der Waals surface area (Å²) in [6, 6.07) is 5.07. The minimum absolute atomic E-state index is 0.0683. The molecule has 3 aromatic rings. The van der Waals surface area contributed by atoms with Crippen LogP contribution in [0.5, 0.6) is 0 Å². The van der Waals surface area contributed by atoms with Gasteiger partial charge in [0.1, 0.15) is 17.5 Å². The van der Waals surface area contributed by atoms with Crippen LogP contribution in [0.25, 0.3) is 11.0 Å². The molecule has 1 N–H and O–H groups in total. The van der Waals surface area contributed by atoms with Gasteiger partial charge in [-0.2, -0.15) is 0 Å². The zero-order valence-corrected chi connectivity index (χ0v) is 14.9. The van der Waals surface area contributed by atoms with E-state index in [2.05, 4.69) is 24.9 Å². The molecule has 0 radical (unpaired) electrons. The van der Waals surface area contributed by atoms with Gasteiger partial charge >= 0.3 is 0 Å². The summed E-state index contributed by atoms with van der Waals surface area (Å²) >= 11 is 6.05. The standard InChI is InChI=1S/C18H15ClN6O2/c19-13-4-1-5-14(12(13)8-26)20-7-11-3-2-6-25(11)17-15-16(21-9-23-17)22-10-24-18(15)27/h1,4-5,7-11H,2-3,6H2,(H,21,22,23,24,27)/t11-/m0/s1. The number of anilines is 1. The molecular weight excluding hydrogens is 368 g/mol. The number of rotatable bonds is 4. The van der Waals surface area contributed by atoms with Crippen molar-refractivity contribution < 1.29 is 4.79 Å². The minimum Gasteiger partial charge on any atom is -0.348 e. The van der Waals surface area contributed by atoms with Crippen LogP contribution in [-0.4, -0.2) is 45.0 Å². The molecule has 0 amide bonds. The van der Waals surface area contributed by atoms with Gasteiger partial charge in [-0.25, -0.2) is 15.0 Å². The number of hydrogen-bond donors (Lipinski definition) is 1. The van der Waals surface area contributed by atoms with Gasteiger partial charge in [-0.1, -0.05) is 17.7 Å². The van der Waals surface area contributed by atoms with E-state index in [1.807, 2.05) is 4.90 Å². The molecule has 27 heavy (non-hydrogen) atoms. The monoisotopic (exact) mass is 382 g/mol. The summed E-state index contributed by atoms with van der Waals surface area (Å²) < 4.78 is 0. The SMILES string of the molecule is O=Cc1c(Cl)cccc1N=C[C@@H]1CCCN1c1ncnc2nc[nH]c(=O)c12. The van der Waals surface area contributed by atoms with Gasteiger partial charge in [0, 0.05) is 12.8 Å². The molecule has 1 fully saturated rings. The van der Waals surface area contributed by atoms with E-state index in [0.29, 0.717) is 39.4 Å². The van der Waals surface area contributed by atoms with E-state index >= 15 is 0 Å². The van der Waals surface area contributed by atoms with Gasteiger partial charge in [-0.3, -0.25) is 14.6 Å². The van der Waals surface area contributed by atoms with Crippen LogP contribution < -0.4 is 10.5 Å². The van der Waals surface area contributed by atoms with E-state index in [1.165, 1.54) is 12.7 Å². The summed E-state index contributed by atoms with van der Waals surface area (Å²) in [4.78, 5) is 45.1. The van der Waals surface area contributed by atoms with E-state index in [9.17, 15) is 9.59 Å². The van der Waals surface area contributed by atoms with Crippen molar-refractivity contribution in [1.82, 2.24) is 19.9 Å². The van der Waals surface area contributed by atoms with Crippen LogP contribution in [0.4, 0.5) is 11.5 Å². The Kier molecular flexibility index (Phi) is 4.64. The van der Waals surface area contributed by atoms with E-state index in [1.54, 1.807) is 24.4 Å². The largest absolute Gasteiger partial charge is 0.348 e. The second-order valence-corrected chi connectivity index (χ2v) is 6.51. The predicted octanol–water partition coefficient (Wildman–Crippen LogP) is 2.55. The van der Waals surface area contributed by atoms with Crippen LogP contribution in [0, 0.1) is 0 Å². The van der Waals surface area contributed by atoms with Crippen molar-refractivity contribution in [1.29, 1.82) is 0 Å². The molecule has 0 saturated carbocycles. The lowest BCUT2D eigenvalue weighted by atomic mass is 10.2. The smallest absolute Gasteiger partial charge is 0.263 e. The molecule has 1 aliphatic heterocycles. The predicted molar refractivity (Wildman–Crippen MR) is 103 cm³/mol. The zero-order chi connectivity index (χ0) is 18.8. The molecule has 1 aromatic carbocycles. The summed E-state index contributed by atoms with van der Waals surface area (Å²) in [5.41, 5.74) is 0.935. The zero-order valence-electron chi connectivity index (χ0n) is 14.2. The third-order valence-electron chi connectivity index (χ3n) is 4.52. The number of fused-ring (bicyclic) bond motifs is 1. The number of carbonyl (C=O) groups excluding carboxylic acids is 1. The molecule has 0 aliphatic carbocycles. The van der Waals surface area contributed by atoms with Gasteiger partial charge in [0.2, 0.25) is 0 Å². The fraction of sp³-hybridized carbons (Fsp3) is 0.222. The molecule has 1 aliphatic rings. The normalized spacial score (nSPS) is 17.1. The topological polar surface area (TPSA) is 104 Å². The quantitative estimate of drug-likeness (QED) is 0.549. The van der Waals surface area contributed by atoms with Crippen molar-refractivity contribution in [2.75, 3.05) is 11.4 Å². The first kappa shape index (κ1) is 17.3. The maximum atomic E-state index is 12.3. The number of benzene rings is 1. The first-order chi connectivity index (χ1) is 13.2. The van der Waals surface area contributed by atoms with Crippen molar-refractivity contribution in [2.45, 2.75) is 18.9 Å². The number of nitrogens with zero attached hydrogens (tertiary/aromatic N) is 5. The molecule has 9 heteroatoms. The van der Waals surface area contributed by atoms with E-state index in [0.717, 1.165) is 19.4 Å². The Morgan fingerprint density at radius 3 is 3.04 bits per heavy atom. The maximum absolute atomic E-state index is 12.3. The first-order valence-electron chi connectivity index (χ1n) is 8.42. The summed E-state index contributed by atoms with van der Waals surface area (Å²) in [5.74, 6) is 0.532. The Morgan fingerprint density at radius 2 is 2.19 bits per heavy atom. The van der Waals surface area contributed by atoms with E-state index < -0.39 is 0 Å². The van der Waals surface area contributed by atoms with Crippen LogP contribution in [0.3, 0.4) is 0 Å². The average Bonchev–Trinajstić information content (AvgIpc) is 3.14. The van der Waals surface area contributed by atoms with Gasteiger partial charge in [-0.05, 0) is 25.0 Å². The van der Waals surface area contributed by atoms with Gasteiger partial charge in [0.05, 0.1) is 28.6 Å². The van der Waals surface area contributed by atoms with Crippen LogP contribution in [0.15, 0.2) is 40.6 Å². The number of aromatic nitrogens is 4. The summed E-state index contributed by atoms with van der Waals surface area (Å²) in [6.45, 7) is 0.729. The highest BCUT2D eigenvalue weighted by molar-refractivity contribution is 6.33. The molecular formula is C18H15ClN6O2. The van der Waals surface area contributed by atoms with Crippen LogP contribution in [0.2, 0.25) is 5.02 Å². The van der Waals surface area contributed by atoms with Crippen molar-refractivity contribution in [3.8, 4) is 0 Å². The average molecular weight is 383 g/mol. The fourth-order valence-electron chi connectivity index (χ4n) is 3.24. The number of aliphatic imine (C=N–C) groups is 1. The molecule has 0 bridgehead atoms. The molecule has 0 spiro atoms. The van der Waals surface area contributed by atoms with Crippen LogP contribution >= 0.6 is 11.6 Å². The Balaban J connectivity index is 1.71. The minimum atomic E-state index is -0.281.